The molecule has 1 aliphatic carbocycles. The highest BCUT2D eigenvalue weighted by molar-refractivity contribution is 6.34. The van der Waals surface area contributed by atoms with Gasteiger partial charge in [0.25, 0.3) is 0 Å². The Balaban J connectivity index is 1.53. The minimum atomic E-state index is -4.74. The van der Waals surface area contributed by atoms with Crippen LogP contribution in [0.15, 0.2) is 59.3 Å². The summed E-state index contributed by atoms with van der Waals surface area (Å²) in [5.74, 6) is 0.307. The summed E-state index contributed by atoms with van der Waals surface area (Å²) < 4.78 is 61.2. The number of aliphatic hydroxyl groups is 1. The molecule has 212 valence electrons. The predicted octanol–water partition coefficient (Wildman–Crippen LogP) is 7.30. The molecule has 40 heavy (non-hydrogen) atoms. The summed E-state index contributed by atoms with van der Waals surface area (Å²) in [5.41, 5.74) is -0.416. The van der Waals surface area contributed by atoms with Crippen molar-refractivity contribution in [3.8, 4) is 28.3 Å². The van der Waals surface area contributed by atoms with E-state index in [1.165, 1.54) is 13.8 Å². The zero-order valence-electron chi connectivity index (χ0n) is 22.0. The first-order valence-corrected chi connectivity index (χ1v) is 13.3. The van der Waals surface area contributed by atoms with E-state index in [9.17, 15) is 18.3 Å². The molecule has 0 aliphatic heterocycles. The van der Waals surface area contributed by atoms with Crippen LogP contribution >= 0.6 is 11.6 Å². The molecule has 0 saturated heterocycles. The maximum atomic E-state index is 14.3. The zero-order valence-corrected chi connectivity index (χ0v) is 22.8. The second kappa shape index (κ2) is 11.3. The van der Waals surface area contributed by atoms with Crippen LogP contribution in [0.1, 0.15) is 49.9 Å². The second-order valence-corrected chi connectivity index (χ2v) is 10.8. The molecule has 1 aliphatic rings. The molecule has 0 amide bonds. The molecular weight excluding hydrogens is 547 g/mol. The van der Waals surface area contributed by atoms with Crippen molar-refractivity contribution in [3.05, 3.63) is 76.6 Å². The molecule has 5 rings (SSSR count). The van der Waals surface area contributed by atoms with E-state index >= 15 is 0 Å². The van der Waals surface area contributed by atoms with Gasteiger partial charge < -0.3 is 19.1 Å². The minimum absolute atomic E-state index is 0.0174. The number of rotatable bonds is 11. The van der Waals surface area contributed by atoms with Gasteiger partial charge in [0.05, 0.1) is 40.7 Å². The SMILES string of the molecule is CC(C)(O)CCn1ncc(-c2onc(-c3cccc(OCc4ccccc4)c3Cl)c2COC2CC2)c1C(F)(F)F. The van der Waals surface area contributed by atoms with Gasteiger partial charge in [0.2, 0.25) is 0 Å². The predicted molar refractivity (Wildman–Crippen MR) is 143 cm³/mol. The fraction of sp³-hybridized carbons (Fsp3) is 0.379. The lowest BCUT2D eigenvalue weighted by Crippen LogP contribution is -2.24. The summed E-state index contributed by atoms with van der Waals surface area (Å²) in [4.78, 5) is 0. The van der Waals surface area contributed by atoms with Gasteiger partial charge in [-0.15, -0.1) is 0 Å². The summed E-state index contributed by atoms with van der Waals surface area (Å²) in [6, 6.07) is 14.7. The molecule has 7 nitrogen and oxygen atoms in total. The largest absolute Gasteiger partial charge is 0.487 e. The molecule has 1 saturated carbocycles. The third kappa shape index (κ3) is 6.51. The van der Waals surface area contributed by atoms with Crippen molar-refractivity contribution in [2.75, 3.05) is 0 Å². The standard InChI is InChI=1S/C29H29ClF3N3O4/c1-28(2,37)13-14-36-27(29(31,32)33)21(15-34-36)26-22(17-38-19-11-12-19)25(35-40-26)20-9-6-10-23(24(20)30)39-16-18-7-4-3-5-8-18/h3-10,15,19,37H,11-14,16-17H2,1-2H3. The Kier molecular flexibility index (Phi) is 7.94. The van der Waals surface area contributed by atoms with Gasteiger partial charge in [-0.3, -0.25) is 4.68 Å². The average molecular weight is 576 g/mol. The molecule has 1 fully saturated rings. The summed E-state index contributed by atoms with van der Waals surface area (Å²) in [6.07, 6.45) is -1.77. The molecule has 2 heterocycles. The first-order chi connectivity index (χ1) is 19.0. The molecular formula is C29H29ClF3N3O4. The number of hydrogen-bond donors (Lipinski definition) is 1. The van der Waals surface area contributed by atoms with Gasteiger partial charge in [0, 0.05) is 12.1 Å². The van der Waals surface area contributed by atoms with E-state index in [2.05, 4.69) is 10.3 Å². The van der Waals surface area contributed by atoms with Crippen LogP contribution in [0.2, 0.25) is 5.02 Å². The van der Waals surface area contributed by atoms with E-state index < -0.39 is 17.5 Å². The van der Waals surface area contributed by atoms with E-state index in [0.29, 0.717) is 16.9 Å². The topological polar surface area (TPSA) is 82.5 Å². The van der Waals surface area contributed by atoms with Gasteiger partial charge in [-0.25, -0.2) is 0 Å². The fourth-order valence-corrected chi connectivity index (χ4v) is 4.51. The smallest absolute Gasteiger partial charge is 0.433 e. The summed E-state index contributed by atoms with van der Waals surface area (Å²) >= 11 is 6.74. The monoisotopic (exact) mass is 575 g/mol. The number of ether oxygens (including phenoxy) is 2. The van der Waals surface area contributed by atoms with Gasteiger partial charge in [-0.05, 0) is 44.7 Å². The maximum Gasteiger partial charge on any atom is 0.433 e. The van der Waals surface area contributed by atoms with Crippen molar-refractivity contribution in [2.24, 2.45) is 0 Å². The van der Waals surface area contributed by atoms with Crippen LogP contribution in [0.5, 0.6) is 5.75 Å². The quantitative estimate of drug-likeness (QED) is 0.202. The van der Waals surface area contributed by atoms with Crippen molar-refractivity contribution < 1.29 is 32.3 Å². The highest BCUT2D eigenvalue weighted by Crippen LogP contribution is 2.44. The molecule has 2 aromatic carbocycles. The third-order valence-electron chi connectivity index (χ3n) is 6.52. The van der Waals surface area contributed by atoms with Crippen molar-refractivity contribution in [1.29, 1.82) is 0 Å². The van der Waals surface area contributed by atoms with E-state index in [1.807, 2.05) is 30.3 Å². The number of halogens is 4. The third-order valence-corrected chi connectivity index (χ3v) is 6.91. The average Bonchev–Trinajstić information content (AvgIpc) is 3.47. The Bertz CT molecular complexity index is 1460. The number of nitrogens with zero attached hydrogens (tertiary/aromatic N) is 3. The summed E-state index contributed by atoms with van der Waals surface area (Å²) in [5, 5.41) is 18.5. The Morgan fingerprint density at radius 3 is 2.48 bits per heavy atom. The van der Waals surface area contributed by atoms with Crippen LogP contribution in [0.3, 0.4) is 0 Å². The Morgan fingerprint density at radius 2 is 1.80 bits per heavy atom. The number of hydrogen-bond acceptors (Lipinski definition) is 6. The zero-order chi connectivity index (χ0) is 28.5. The van der Waals surface area contributed by atoms with Crippen LogP contribution in [0, 0.1) is 0 Å². The first-order valence-electron chi connectivity index (χ1n) is 12.9. The van der Waals surface area contributed by atoms with Crippen molar-refractivity contribution in [2.45, 2.75) is 70.7 Å². The first kappa shape index (κ1) is 28.2. The maximum absolute atomic E-state index is 14.3. The van der Waals surface area contributed by atoms with Gasteiger partial charge in [0.1, 0.15) is 18.1 Å². The van der Waals surface area contributed by atoms with Crippen molar-refractivity contribution in [1.82, 2.24) is 14.9 Å². The number of aromatic nitrogens is 3. The normalized spacial score (nSPS) is 14.1. The summed E-state index contributed by atoms with van der Waals surface area (Å²) in [7, 11) is 0. The second-order valence-electron chi connectivity index (χ2n) is 10.4. The molecule has 0 atom stereocenters. The highest BCUT2D eigenvalue weighted by atomic mass is 35.5. The van der Waals surface area contributed by atoms with E-state index in [0.717, 1.165) is 29.3 Å². The fourth-order valence-electron chi connectivity index (χ4n) is 4.24. The molecule has 0 radical (unpaired) electrons. The lowest BCUT2D eigenvalue weighted by Gasteiger charge is -2.18. The van der Waals surface area contributed by atoms with Gasteiger partial charge in [-0.2, -0.15) is 18.3 Å². The molecule has 2 aromatic heterocycles. The van der Waals surface area contributed by atoms with E-state index in [4.69, 9.17) is 25.6 Å². The number of alkyl halides is 3. The Hall–Kier alpha value is -3.34. The van der Waals surface area contributed by atoms with Crippen LogP contribution in [0.25, 0.3) is 22.6 Å². The van der Waals surface area contributed by atoms with Gasteiger partial charge in [0.15, 0.2) is 11.5 Å². The van der Waals surface area contributed by atoms with Crippen LogP contribution in [-0.4, -0.2) is 31.7 Å². The van der Waals surface area contributed by atoms with Crippen LogP contribution < -0.4 is 4.74 Å². The van der Waals surface area contributed by atoms with Crippen molar-refractivity contribution in [3.63, 3.8) is 0 Å². The Morgan fingerprint density at radius 1 is 1.05 bits per heavy atom. The van der Waals surface area contributed by atoms with Gasteiger partial charge >= 0.3 is 6.18 Å². The lowest BCUT2D eigenvalue weighted by molar-refractivity contribution is -0.144. The van der Waals surface area contributed by atoms with Crippen LogP contribution in [-0.2, 0) is 30.7 Å². The minimum Gasteiger partial charge on any atom is -0.487 e. The number of aryl methyl sites for hydroxylation is 1. The Labute approximate surface area is 234 Å². The van der Waals surface area contributed by atoms with Gasteiger partial charge in [-0.1, -0.05) is 59.2 Å². The van der Waals surface area contributed by atoms with E-state index in [1.54, 1.807) is 18.2 Å². The lowest BCUT2D eigenvalue weighted by atomic mass is 10.0. The van der Waals surface area contributed by atoms with Crippen molar-refractivity contribution >= 4 is 11.6 Å². The summed E-state index contributed by atoms with van der Waals surface area (Å²) in [6.45, 7) is 3.19. The van der Waals surface area contributed by atoms with Crippen LogP contribution in [0.4, 0.5) is 13.2 Å². The number of benzene rings is 2. The molecule has 0 unspecified atom stereocenters. The van der Waals surface area contributed by atoms with E-state index in [-0.39, 0.29) is 54.3 Å². The molecule has 4 aromatic rings. The molecule has 1 N–H and O–H groups in total. The molecule has 0 bridgehead atoms. The highest BCUT2D eigenvalue weighted by Gasteiger charge is 2.41. The molecule has 0 spiro atoms. The molecule has 11 heteroatoms.